The molecule has 1 atom stereocenters. The second-order valence-electron chi connectivity index (χ2n) is 7.52. The van der Waals surface area contributed by atoms with Crippen molar-refractivity contribution in [3.05, 3.63) is 60.2 Å². The lowest BCUT2D eigenvalue weighted by Gasteiger charge is -2.32. The van der Waals surface area contributed by atoms with Gasteiger partial charge in [0.1, 0.15) is 11.2 Å². The molecule has 1 radical (unpaired) electrons. The van der Waals surface area contributed by atoms with Gasteiger partial charge in [-0.1, -0.05) is 30.3 Å². The lowest BCUT2D eigenvalue weighted by Crippen LogP contribution is -2.40. The normalized spacial score (nSPS) is 13.2. The third-order valence-corrected chi connectivity index (χ3v) is 4.66. The maximum absolute atomic E-state index is 12.5. The van der Waals surface area contributed by atoms with E-state index < -0.39 is 23.1 Å². The van der Waals surface area contributed by atoms with Gasteiger partial charge in [-0.3, -0.25) is 4.79 Å². The number of benzene rings is 2. The van der Waals surface area contributed by atoms with E-state index in [9.17, 15) is 9.59 Å². The number of carbonyl (C=O) groups is 1. The maximum atomic E-state index is 12.5. The average Bonchev–Trinajstić information content (AvgIpc) is 2.66. The van der Waals surface area contributed by atoms with Crippen LogP contribution in [0.4, 0.5) is 11.4 Å². The highest BCUT2D eigenvalue weighted by Crippen LogP contribution is 2.30. The van der Waals surface area contributed by atoms with Crippen LogP contribution in [0.3, 0.4) is 0 Å². The van der Waals surface area contributed by atoms with Crippen molar-refractivity contribution in [1.82, 2.24) is 0 Å². The molecule has 2 rings (SSSR count). The van der Waals surface area contributed by atoms with Crippen molar-refractivity contribution in [2.24, 2.45) is 16.1 Å². The summed E-state index contributed by atoms with van der Waals surface area (Å²) in [4.78, 5) is 23.0. The van der Waals surface area contributed by atoms with Crippen molar-refractivity contribution in [3.63, 3.8) is 0 Å². The van der Waals surface area contributed by atoms with Crippen LogP contribution in [0, 0.1) is 5.92 Å². The number of nitrogens with zero attached hydrogens (tertiary/aromatic N) is 2. The van der Waals surface area contributed by atoms with Crippen LogP contribution < -0.4 is 0 Å². The summed E-state index contributed by atoms with van der Waals surface area (Å²) < 4.78 is 10.6. The number of hydrogen-bond acceptors (Lipinski definition) is 6. The van der Waals surface area contributed by atoms with Gasteiger partial charge in [0.15, 0.2) is 0 Å². The SMILES string of the molecule is CC(C(=O)OC(C)(C)c1ccc(N=Nc2ccccc2)cc1)C(C)(C)O[C]=O. The Labute approximate surface area is 165 Å². The van der Waals surface area contributed by atoms with Crippen molar-refractivity contribution >= 4 is 23.8 Å². The highest BCUT2D eigenvalue weighted by atomic mass is 16.6. The van der Waals surface area contributed by atoms with E-state index in [4.69, 9.17) is 9.47 Å². The minimum atomic E-state index is -1.00. The van der Waals surface area contributed by atoms with Gasteiger partial charge in [0.2, 0.25) is 0 Å². The van der Waals surface area contributed by atoms with Gasteiger partial charge in [-0.05, 0) is 64.4 Å². The molecule has 0 aromatic heterocycles. The number of ether oxygens (including phenoxy) is 2. The molecular formula is C22H25N2O4. The first-order valence-electron chi connectivity index (χ1n) is 9.01. The molecule has 0 saturated heterocycles. The Morgan fingerprint density at radius 1 is 0.929 bits per heavy atom. The smallest absolute Gasteiger partial charge is 0.418 e. The van der Waals surface area contributed by atoms with Crippen LogP contribution in [0.1, 0.15) is 40.2 Å². The number of hydrogen-bond donors (Lipinski definition) is 0. The summed E-state index contributed by atoms with van der Waals surface area (Å²) in [5.74, 6) is -1.11. The molecule has 0 aliphatic heterocycles. The van der Waals surface area contributed by atoms with E-state index in [-0.39, 0.29) is 0 Å². The molecule has 2 aromatic rings. The highest BCUT2D eigenvalue weighted by molar-refractivity contribution is 5.74. The molecule has 1 unspecified atom stereocenters. The van der Waals surface area contributed by atoms with Crippen LogP contribution in [0.15, 0.2) is 64.8 Å². The Morgan fingerprint density at radius 3 is 2.00 bits per heavy atom. The summed E-state index contributed by atoms with van der Waals surface area (Å²) in [5.41, 5.74) is 0.414. The maximum Gasteiger partial charge on any atom is 0.418 e. The monoisotopic (exact) mass is 381 g/mol. The van der Waals surface area contributed by atoms with Crippen LogP contribution in [0.25, 0.3) is 0 Å². The van der Waals surface area contributed by atoms with E-state index in [1.165, 1.54) is 6.47 Å². The minimum Gasteiger partial charge on any atom is -0.454 e. The van der Waals surface area contributed by atoms with Gasteiger partial charge in [0.05, 0.1) is 17.3 Å². The van der Waals surface area contributed by atoms with E-state index in [0.717, 1.165) is 11.3 Å². The lowest BCUT2D eigenvalue weighted by atomic mass is 9.91. The molecule has 0 fully saturated rings. The second kappa shape index (κ2) is 8.78. The molecule has 0 aliphatic rings. The number of esters is 1. The number of azo groups is 1. The zero-order valence-electron chi connectivity index (χ0n) is 16.8. The van der Waals surface area contributed by atoms with E-state index in [2.05, 4.69) is 10.2 Å². The van der Waals surface area contributed by atoms with Crippen molar-refractivity contribution in [2.75, 3.05) is 0 Å². The molecule has 6 heteroatoms. The minimum absolute atomic E-state index is 0.460. The van der Waals surface area contributed by atoms with Gasteiger partial charge >= 0.3 is 12.4 Å². The molecule has 0 spiro atoms. The third-order valence-electron chi connectivity index (χ3n) is 4.66. The average molecular weight is 381 g/mol. The Balaban J connectivity index is 2.08. The highest BCUT2D eigenvalue weighted by Gasteiger charge is 2.37. The summed E-state index contributed by atoms with van der Waals surface area (Å²) in [6.07, 6.45) is 0. The first kappa shape index (κ1) is 21.3. The fraction of sp³-hybridized carbons (Fsp3) is 0.364. The van der Waals surface area contributed by atoms with Crippen LogP contribution in [-0.2, 0) is 24.7 Å². The Morgan fingerprint density at radius 2 is 1.46 bits per heavy atom. The first-order chi connectivity index (χ1) is 13.2. The quantitative estimate of drug-likeness (QED) is 0.454. The number of carbonyl (C=O) groups excluding carboxylic acids is 2. The molecule has 0 amide bonds. The predicted octanol–water partition coefficient (Wildman–Crippen LogP) is 5.38. The lowest BCUT2D eigenvalue weighted by molar-refractivity contribution is -0.168. The zero-order valence-corrected chi connectivity index (χ0v) is 16.8. The summed E-state index contributed by atoms with van der Waals surface area (Å²) in [6, 6.07) is 16.8. The molecule has 6 nitrogen and oxygen atoms in total. The molecule has 0 bridgehead atoms. The van der Waals surface area contributed by atoms with Crippen molar-refractivity contribution in [3.8, 4) is 0 Å². The summed E-state index contributed by atoms with van der Waals surface area (Å²) >= 11 is 0. The molecular weight excluding hydrogens is 356 g/mol. The van der Waals surface area contributed by atoms with Gasteiger partial charge < -0.3 is 9.47 Å². The molecule has 0 saturated carbocycles. The van der Waals surface area contributed by atoms with Crippen LogP contribution in [-0.4, -0.2) is 18.0 Å². The van der Waals surface area contributed by atoms with Crippen LogP contribution >= 0.6 is 0 Å². The third kappa shape index (κ3) is 5.49. The predicted molar refractivity (Wildman–Crippen MR) is 106 cm³/mol. The largest absolute Gasteiger partial charge is 0.454 e. The topological polar surface area (TPSA) is 77.3 Å². The molecule has 2 aromatic carbocycles. The molecule has 0 N–H and O–H groups in total. The molecule has 0 heterocycles. The van der Waals surface area contributed by atoms with Crippen LogP contribution in [0.5, 0.6) is 0 Å². The van der Waals surface area contributed by atoms with Crippen LogP contribution in [0.2, 0.25) is 0 Å². The van der Waals surface area contributed by atoms with E-state index in [1.54, 1.807) is 34.6 Å². The first-order valence-corrected chi connectivity index (χ1v) is 9.01. The Kier molecular flexibility index (Phi) is 6.67. The molecule has 28 heavy (non-hydrogen) atoms. The van der Waals surface area contributed by atoms with E-state index in [0.29, 0.717) is 5.69 Å². The standard InChI is InChI=1S/C22H25N2O4/c1-16(21(2,3)27-15-25)20(26)28-22(4,5)17-11-13-19(14-12-17)24-23-18-9-7-6-8-10-18/h6-14,16H,1-5H3. The Hall–Kier alpha value is -3.02. The summed E-state index contributed by atoms with van der Waals surface area (Å²) in [7, 11) is 0. The number of rotatable bonds is 8. The fourth-order valence-electron chi connectivity index (χ4n) is 2.42. The van der Waals surface area contributed by atoms with Gasteiger partial charge in [-0.15, -0.1) is 0 Å². The second-order valence-corrected chi connectivity index (χ2v) is 7.52. The fourth-order valence-corrected chi connectivity index (χ4v) is 2.42. The molecule has 0 aliphatic carbocycles. The van der Waals surface area contributed by atoms with Crippen molar-refractivity contribution in [1.29, 1.82) is 0 Å². The summed E-state index contributed by atoms with van der Waals surface area (Å²) in [6.45, 7) is 9.94. The van der Waals surface area contributed by atoms with E-state index >= 15 is 0 Å². The van der Waals surface area contributed by atoms with Gasteiger partial charge in [0, 0.05) is 0 Å². The summed E-state index contributed by atoms with van der Waals surface area (Å²) in [5, 5.41) is 8.38. The molecule has 147 valence electrons. The van der Waals surface area contributed by atoms with E-state index in [1.807, 2.05) is 54.6 Å². The van der Waals surface area contributed by atoms with Crippen molar-refractivity contribution < 1.29 is 19.1 Å². The van der Waals surface area contributed by atoms with Crippen molar-refractivity contribution in [2.45, 2.75) is 45.8 Å². The van der Waals surface area contributed by atoms with Gasteiger partial charge in [0.25, 0.3) is 0 Å². The van der Waals surface area contributed by atoms with Gasteiger partial charge in [-0.25, -0.2) is 4.79 Å². The van der Waals surface area contributed by atoms with Gasteiger partial charge in [-0.2, -0.15) is 10.2 Å². The zero-order chi connectivity index (χ0) is 20.8. The Bertz CT molecular complexity index is 827.